The molecule has 1 saturated carbocycles. The predicted molar refractivity (Wildman–Crippen MR) is 133 cm³/mol. The van der Waals surface area contributed by atoms with Gasteiger partial charge in [0.25, 0.3) is 0 Å². The summed E-state index contributed by atoms with van der Waals surface area (Å²) in [5, 5.41) is 10.8. The predicted octanol–water partition coefficient (Wildman–Crippen LogP) is 3.19. The molecule has 2 saturated heterocycles. The number of ether oxygens (including phenoxy) is 7. The van der Waals surface area contributed by atoms with Gasteiger partial charge in [0.2, 0.25) is 0 Å². The minimum absolute atomic E-state index is 0.0660. The van der Waals surface area contributed by atoms with Gasteiger partial charge in [0.05, 0.1) is 44.2 Å². The Morgan fingerprint density at radius 2 is 1.69 bits per heavy atom. The Balaban J connectivity index is 1.42. The van der Waals surface area contributed by atoms with Crippen molar-refractivity contribution in [2.45, 2.75) is 88.7 Å². The van der Waals surface area contributed by atoms with Crippen LogP contribution in [-0.2, 0) is 39.8 Å². The Kier molecular flexibility index (Phi) is 10.2. The summed E-state index contributed by atoms with van der Waals surface area (Å²) in [5.74, 6) is 1.02. The fraction of sp³-hybridized carbons (Fsp3) is 0.786. The Hall–Kier alpha value is -1.10. The van der Waals surface area contributed by atoms with Crippen LogP contribution in [0.2, 0.25) is 0 Å². The highest BCUT2D eigenvalue weighted by molar-refractivity contribution is 5.13. The molecule has 1 aromatic rings. The van der Waals surface area contributed by atoms with Crippen molar-refractivity contribution in [2.75, 3.05) is 34.5 Å². The molecule has 1 aromatic carbocycles. The molecule has 1 N–H and O–H groups in total. The van der Waals surface area contributed by atoms with E-state index in [0.29, 0.717) is 44.5 Å². The highest BCUT2D eigenvalue weighted by Gasteiger charge is 2.47. The molecule has 0 unspecified atom stereocenters. The molecule has 0 spiro atoms. The molecule has 11 atom stereocenters. The lowest BCUT2D eigenvalue weighted by Crippen LogP contribution is -2.58. The van der Waals surface area contributed by atoms with Crippen molar-refractivity contribution < 1.29 is 38.3 Å². The quantitative estimate of drug-likeness (QED) is 0.461. The van der Waals surface area contributed by atoms with Gasteiger partial charge in [-0.3, -0.25) is 0 Å². The van der Waals surface area contributed by atoms with Crippen LogP contribution >= 0.6 is 0 Å². The minimum Gasteiger partial charge on any atom is -0.393 e. The van der Waals surface area contributed by atoms with E-state index in [-0.39, 0.29) is 42.5 Å². The van der Waals surface area contributed by atoms with Crippen LogP contribution in [-0.4, -0.2) is 88.7 Å². The smallest absolute Gasteiger partial charge is 0.186 e. The molecule has 0 amide bonds. The first-order valence-corrected chi connectivity index (χ1v) is 13.3. The summed E-state index contributed by atoms with van der Waals surface area (Å²) in [6, 6.07) is 10.1. The summed E-state index contributed by atoms with van der Waals surface area (Å²) >= 11 is 0. The number of methoxy groups -OCH3 is 3. The third-order valence-electron chi connectivity index (χ3n) is 8.14. The SMILES string of the molecule is CO[C@@H]1[C@@H](OC)[C@H](O[C@H]2C[C@@H](C[C@H](O)[C@H]3C[C@@H]3C)O[C@@H](COCc3ccccc3)[C@@H]2C)OC[C@H]1OC. The van der Waals surface area contributed by atoms with Crippen LogP contribution in [0.15, 0.2) is 30.3 Å². The second-order valence-electron chi connectivity index (χ2n) is 10.6. The maximum atomic E-state index is 10.8. The number of hydrogen-bond donors (Lipinski definition) is 1. The summed E-state index contributed by atoms with van der Waals surface area (Å²) in [5.41, 5.74) is 1.13. The van der Waals surface area contributed by atoms with Crippen molar-refractivity contribution in [3.63, 3.8) is 0 Å². The van der Waals surface area contributed by atoms with Crippen molar-refractivity contribution in [1.82, 2.24) is 0 Å². The largest absolute Gasteiger partial charge is 0.393 e. The van der Waals surface area contributed by atoms with Crippen LogP contribution in [0.5, 0.6) is 0 Å². The number of aliphatic hydroxyl groups is 1. The van der Waals surface area contributed by atoms with Gasteiger partial charge < -0.3 is 38.3 Å². The summed E-state index contributed by atoms with van der Waals surface area (Å²) in [7, 11) is 4.93. The van der Waals surface area contributed by atoms with Crippen LogP contribution in [0, 0.1) is 17.8 Å². The average molecular weight is 509 g/mol. The molecule has 204 valence electrons. The molecule has 4 rings (SSSR count). The van der Waals surface area contributed by atoms with Crippen LogP contribution in [0.1, 0.15) is 38.7 Å². The molecule has 0 bridgehead atoms. The van der Waals surface area contributed by atoms with E-state index in [2.05, 4.69) is 26.0 Å². The first kappa shape index (κ1) is 27.9. The van der Waals surface area contributed by atoms with Gasteiger partial charge in [-0.25, -0.2) is 0 Å². The molecule has 2 aliphatic heterocycles. The van der Waals surface area contributed by atoms with Crippen molar-refractivity contribution in [3.05, 3.63) is 35.9 Å². The molecular formula is C28H44O8. The lowest BCUT2D eigenvalue weighted by molar-refractivity contribution is -0.310. The van der Waals surface area contributed by atoms with E-state index in [0.717, 1.165) is 12.0 Å². The molecule has 0 aromatic heterocycles. The number of aliphatic hydroxyl groups excluding tert-OH is 1. The summed E-state index contributed by atoms with van der Waals surface area (Å²) in [6.45, 7) is 5.66. The third-order valence-corrected chi connectivity index (χ3v) is 8.14. The first-order valence-electron chi connectivity index (χ1n) is 13.3. The third kappa shape index (κ3) is 6.85. The van der Waals surface area contributed by atoms with Crippen molar-refractivity contribution in [2.24, 2.45) is 17.8 Å². The van der Waals surface area contributed by atoms with E-state index < -0.39 is 12.4 Å². The Morgan fingerprint density at radius 3 is 2.33 bits per heavy atom. The van der Waals surface area contributed by atoms with Gasteiger partial charge in [-0.15, -0.1) is 0 Å². The van der Waals surface area contributed by atoms with E-state index in [4.69, 9.17) is 33.2 Å². The zero-order valence-electron chi connectivity index (χ0n) is 22.3. The highest BCUT2D eigenvalue weighted by Crippen LogP contribution is 2.43. The molecule has 3 aliphatic rings. The van der Waals surface area contributed by atoms with E-state index >= 15 is 0 Å². The topological polar surface area (TPSA) is 84.8 Å². The van der Waals surface area contributed by atoms with Crippen molar-refractivity contribution in [1.29, 1.82) is 0 Å². The molecule has 3 fully saturated rings. The molecule has 8 heteroatoms. The zero-order chi connectivity index (χ0) is 25.7. The molecule has 2 heterocycles. The second kappa shape index (κ2) is 13.1. The fourth-order valence-corrected chi connectivity index (χ4v) is 5.63. The Morgan fingerprint density at radius 1 is 0.972 bits per heavy atom. The van der Waals surface area contributed by atoms with Crippen LogP contribution in [0.4, 0.5) is 0 Å². The molecule has 8 nitrogen and oxygen atoms in total. The standard InChI is InChI=1S/C28H44O8/c1-17-11-21(17)22(29)12-20-13-23(36-28-27(32-5)26(31-4)25(30-3)16-34-28)18(2)24(35-20)15-33-14-19-9-7-6-8-10-19/h6-10,17-18,20-29H,11-16H2,1-5H3/t17-,18+,20+,21-,22-,23-,24-,25+,26-,27+,28-/m0/s1. The maximum absolute atomic E-state index is 10.8. The van der Waals surface area contributed by atoms with Crippen molar-refractivity contribution >= 4 is 0 Å². The van der Waals surface area contributed by atoms with Gasteiger partial charge in [0, 0.05) is 33.7 Å². The van der Waals surface area contributed by atoms with Crippen LogP contribution in [0.25, 0.3) is 0 Å². The monoisotopic (exact) mass is 508 g/mol. The van der Waals surface area contributed by atoms with Gasteiger partial charge in [-0.1, -0.05) is 44.2 Å². The van der Waals surface area contributed by atoms with Crippen LogP contribution in [0.3, 0.4) is 0 Å². The second-order valence-corrected chi connectivity index (χ2v) is 10.6. The molecular weight excluding hydrogens is 464 g/mol. The van der Waals surface area contributed by atoms with Gasteiger partial charge in [-0.05, 0) is 30.2 Å². The summed E-state index contributed by atoms with van der Waals surface area (Å²) in [6.07, 6.45) is 0.0496. The molecule has 36 heavy (non-hydrogen) atoms. The van der Waals surface area contributed by atoms with Crippen LogP contribution < -0.4 is 0 Å². The van der Waals surface area contributed by atoms with Gasteiger partial charge in [-0.2, -0.15) is 0 Å². The summed E-state index contributed by atoms with van der Waals surface area (Å²) in [4.78, 5) is 0. The number of benzene rings is 1. The number of hydrogen-bond acceptors (Lipinski definition) is 8. The van der Waals surface area contributed by atoms with Gasteiger partial charge in [0.15, 0.2) is 6.29 Å². The first-order chi connectivity index (χ1) is 17.4. The van der Waals surface area contributed by atoms with Gasteiger partial charge in [0.1, 0.15) is 18.3 Å². The van der Waals surface area contributed by atoms with E-state index in [9.17, 15) is 5.11 Å². The minimum atomic E-state index is -0.586. The average Bonchev–Trinajstić information content (AvgIpc) is 3.63. The Labute approximate surface area is 215 Å². The zero-order valence-corrected chi connectivity index (χ0v) is 22.3. The fourth-order valence-electron chi connectivity index (χ4n) is 5.63. The van der Waals surface area contributed by atoms with E-state index in [1.165, 1.54) is 0 Å². The lowest BCUT2D eigenvalue weighted by atomic mass is 9.88. The van der Waals surface area contributed by atoms with E-state index in [1.54, 1.807) is 21.3 Å². The van der Waals surface area contributed by atoms with Gasteiger partial charge >= 0.3 is 0 Å². The molecule has 0 radical (unpaired) electrons. The van der Waals surface area contributed by atoms with E-state index in [1.807, 2.05) is 18.2 Å². The normalized spacial score (nSPS) is 39.6. The van der Waals surface area contributed by atoms with Crippen molar-refractivity contribution in [3.8, 4) is 0 Å². The lowest BCUT2D eigenvalue weighted by Gasteiger charge is -2.45. The summed E-state index contributed by atoms with van der Waals surface area (Å²) < 4.78 is 42.2. The molecule has 1 aliphatic carbocycles. The number of rotatable bonds is 12. The maximum Gasteiger partial charge on any atom is 0.186 e. The highest BCUT2D eigenvalue weighted by atomic mass is 16.7. The Bertz CT molecular complexity index is 778.